The molecular formula is C52H66ClN9O8S. The molecule has 2 saturated heterocycles. The third-order valence-electron chi connectivity index (χ3n) is 14.0. The minimum atomic E-state index is -1.02. The Labute approximate surface area is 424 Å². The Bertz CT molecular complexity index is 2570. The summed E-state index contributed by atoms with van der Waals surface area (Å²) in [4.78, 5) is 70.4. The molecule has 0 unspecified atom stereocenters. The number of benzene rings is 2. The summed E-state index contributed by atoms with van der Waals surface area (Å²) in [5.41, 5.74) is 3.63. The van der Waals surface area contributed by atoms with Gasteiger partial charge in [0.1, 0.15) is 42.4 Å². The first-order valence-corrected chi connectivity index (χ1v) is 25.3. The summed E-state index contributed by atoms with van der Waals surface area (Å²) < 4.78 is 12.2. The quantitative estimate of drug-likeness (QED) is 0.0867. The molecule has 5 N–H and O–H groups in total. The minimum Gasteiger partial charge on any atom is -0.489 e. The van der Waals surface area contributed by atoms with Crippen LogP contribution >= 0.6 is 22.9 Å². The van der Waals surface area contributed by atoms with Gasteiger partial charge in [0.25, 0.3) is 5.91 Å². The molecule has 380 valence electrons. The highest BCUT2D eigenvalue weighted by molar-refractivity contribution is 7.13. The molecule has 1 saturated carbocycles. The second-order valence-electron chi connectivity index (χ2n) is 21.0. The monoisotopic (exact) mass is 1010 g/mol. The van der Waals surface area contributed by atoms with E-state index in [1.807, 2.05) is 58.0 Å². The lowest BCUT2D eigenvalue weighted by Crippen LogP contribution is -2.74. The molecule has 19 heteroatoms. The highest BCUT2D eigenvalue weighted by Gasteiger charge is 2.64. The van der Waals surface area contributed by atoms with E-state index in [9.17, 15) is 34.7 Å². The van der Waals surface area contributed by atoms with E-state index in [0.29, 0.717) is 47.1 Å². The fourth-order valence-electron chi connectivity index (χ4n) is 10.3. The van der Waals surface area contributed by atoms with Gasteiger partial charge in [-0.05, 0) is 47.7 Å². The number of ether oxygens (including phenoxy) is 2. The van der Waals surface area contributed by atoms with Crippen molar-refractivity contribution in [1.29, 1.82) is 5.26 Å². The maximum Gasteiger partial charge on any atom is 0.253 e. The molecule has 2 aromatic heterocycles. The molecule has 3 fully saturated rings. The number of aromatic nitrogens is 2. The predicted octanol–water partition coefficient (Wildman–Crippen LogP) is 5.13. The smallest absolute Gasteiger partial charge is 0.253 e. The molecule has 4 aromatic rings. The number of β-amino-alcohol motifs (C(OH)–C–C–N with tert-alkyl or cyclic N) is 1. The van der Waals surface area contributed by atoms with E-state index in [-0.39, 0.29) is 50.8 Å². The van der Waals surface area contributed by atoms with Gasteiger partial charge in [-0.1, -0.05) is 84.3 Å². The molecule has 0 spiro atoms. The summed E-state index contributed by atoms with van der Waals surface area (Å²) in [6.07, 6.45) is 0.446. The summed E-state index contributed by atoms with van der Waals surface area (Å²) in [6, 6.07) is 15.3. The number of hydrogen-bond donors (Lipinski definition) is 5. The van der Waals surface area contributed by atoms with Crippen LogP contribution in [0.3, 0.4) is 0 Å². The average Bonchev–Trinajstić information content (AvgIpc) is 3.96. The zero-order valence-corrected chi connectivity index (χ0v) is 43.3. The van der Waals surface area contributed by atoms with Crippen LogP contribution < -0.4 is 25.6 Å². The molecule has 17 nitrogen and oxygen atoms in total. The highest BCUT2D eigenvalue weighted by atomic mass is 35.5. The normalized spacial score (nSPS) is 21.6. The van der Waals surface area contributed by atoms with Crippen LogP contribution in [0, 0.1) is 34.5 Å². The number of aliphatic hydroxyl groups excluding tert-OH is 2. The Hall–Kier alpha value is -5.68. The summed E-state index contributed by atoms with van der Waals surface area (Å²) >= 11 is 7.78. The van der Waals surface area contributed by atoms with Crippen molar-refractivity contribution in [3.63, 3.8) is 0 Å². The van der Waals surface area contributed by atoms with Gasteiger partial charge in [0.2, 0.25) is 17.7 Å². The first-order valence-electron chi connectivity index (χ1n) is 24.0. The molecule has 4 heterocycles. The number of anilines is 1. The molecule has 3 aliphatic rings. The Morgan fingerprint density at radius 3 is 2.28 bits per heavy atom. The van der Waals surface area contributed by atoms with Crippen LogP contribution in [0.5, 0.6) is 5.75 Å². The van der Waals surface area contributed by atoms with Gasteiger partial charge in [-0.15, -0.1) is 11.3 Å². The predicted molar refractivity (Wildman–Crippen MR) is 271 cm³/mol. The van der Waals surface area contributed by atoms with Crippen molar-refractivity contribution in [2.75, 3.05) is 64.0 Å². The Morgan fingerprint density at radius 2 is 1.69 bits per heavy atom. The van der Waals surface area contributed by atoms with Gasteiger partial charge in [0, 0.05) is 74.8 Å². The van der Waals surface area contributed by atoms with Gasteiger partial charge in [-0.3, -0.25) is 24.1 Å². The SMILES string of the molecule is Cc1ncsc1-c1ccc([C@H](CO)NC(=O)[C@@H]2C[C@@H](O)CN2C(=O)[C@@H](NC(=O)COCCN2CCN(c3ccc(C(=O)N[C@H]4C(C)(C)[C@H](Oc5ccc(C#N)c(Cl)c5)C4(C)C)cn3)CC2)C(C)(C)C)cc1. The number of piperazine rings is 1. The van der Waals surface area contributed by atoms with Crippen LogP contribution in [0.2, 0.25) is 5.02 Å². The van der Waals surface area contributed by atoms with Gasteiger partial charge in [0.05, 0.1) is 57.6 Å². The number of thiazole rings is 1. The molecule has 2 aromatic carbocycles. The third-order valence-corrected chi connectivity index (χ3v) is 15.3. The highest BCUT2D eigenvalue weighted by Crippen LogP contribution is 2.55. The number of hydrogen-bond acceptors (Lipinski definition) is 14. The van der Waals surface area contributed by atoms with E-state index in [1.165, 1.54) is 16.2 Å². The zero-order valence-electron chi connectivity index (χ0n) is 41.7. The number of amides is 4. The first kappa shape index (κ1) is 53.1. The summed E-state index contributed by atoms with van der Waals surface area (Å²) in [6.45, 7) is 18.7. The zero-order chi connectivity index (χ0) is 51.4. The van der Waals surface area contributed by atoms with Crippen molar-refractivity contribution < 1.29 is 38.9 Å². The Balaban J connectivity index is 0.838. The van der Waals surface area contributed by atoms with Gasteiger partial charge < -0.3 is 45.4 Å². The number of carbonyl (C=O) groups is 4. The molecule has 4 amide bonds. The number of carbonyl (C=O) groups excluding carboxylic acids is 4. The molecule has 4 atom stereocenters. The van der Waals surface area contributed by atoms with Gasteiger partial charge in [-0.2, -0.15) is 5.26 Å². The lowest BCUT2D eigenvalue weighted by atomic mass is 9.49. The molecule has 0 radical (unpaired) electrons. The Kier molecular flexibility index (Phi) is 16.4. The average molecular weight is 1010 g/mol. The minimum absolute atomic E-state index is 0.0141. The lowest BCUT2D eigenvalue weighted by molar-refractivity contribution is -0.164. The summed E-state index contributed by atoms with van der Waals surface area (Å²) in [5, 5.41) is 39.4. The topological polar surface area (TPSA) is 223 Å². The van der Waals surface area contributed by atoms with Gasteiger partial charge in [0.15, 0.2) is 0 Å². The van der Waals surface area contributed by atoms with Crippen LogP contribution in [-0.4, -0.2) is 143 Å². The number of nitrogens with one attached hydrogen (secondary N) is 3. The molecule has 1 aliphatic carbocycles. The Morgan fingerprint density at radius 1 is 0.986 bits per heavy atom. The second-order valence-corrected chi connectivity index (χ2v) is 22.2. The van der Waals surface area contributed by atoms with Crippen LogP contribution in [0.25, 0.3) is 10.4 Å². The number of likely N-dealkylation sites (tertiary alicyclic amines) is 1. The van der Waals surface area contributed by atoms with Crippen LogP contribution in [0.4, 0.5) is 5.82 Å². The second kappa shape index (κ2) is 22.0. The lowest BCUT2D eigenvalue weighted by Gasteiger charge is -2.63. The van der Waals surface area contributed by atoms with E-state index < -0.39 is 58.2 Å². The van der Waals surface area contributed by atoms with Crippen LogP contribution in [-0.2, 0) is 19.1 Å². The molecule has 71 heavy (non-hydrogen) atoms. The fraction of sp³-hybridized carbons (Fsp3) is 0.519. The van der Waals surface area contributed by atoms with Crippen LogP contribution in [0.15, 0.2) is 66.3 Å². The van der Waals surface area contributed by atoms with Crippen molar-refractivity contribution >= 4 is 52.4 Å². The maximum atomic E-state index is 14.2. The van der Waals surface area contributed by atoms with Crippen molar-refractivity contribution in [2.45, 2.75) is 98.2 Å². The van der Waals surface area contributed by atoms with E-state index in [2.05, 4.69) is 69.5 Å². The number of nitriles is 1. The molecule has 2 aliphatic heterocycles. The molecular weight excluding hydrogens is 946 g/mol. The molecule has 0 bridgehead atoms. The van der Waals surface area contributed by atoms with Crippen molar-refractivity contribution in [1.82, 2.24) is 35.7 Å². The largest absolute Gasteiger partial charge is 0.489 e. The van der Waals surface area contributed by atoms with E-state index in [1.54, 1.807) is 36.0 Å². The van der Waals surface area contributed by atoms with Crippen molar-refractivity contribution in [3.05, 3.63) is 93.7 Å². The third kappa shape index (κ3) is 12.0. The molecule has 7 rings (SSSR count). The number of aryl methyl sites for hydroxylation is 1. The fourth-order valence-corrected chi connectivity index (χ4v) is 11.4. The number of nitrogens with zero attached hydrogens (tertiary/aromatic N) is 6. The van der Waals surface area contributed by atoms with Crippen molar-refractivity contribution in [3.8, 4) is 22.3 Å². The van der Waals surface area contributed by atoms with Crippen LogP contribution in [0.1, 0.15) is 88.1 Å². The number of halogens is 1. The maximum absolute atomic E-state index is 14.2. The van der Waals surface area contributed by atoms with E-state index in [4.69, 9.17) is 21.1 Å². The van der Waals surface area contributed by atoms with Crippen molar-refractivity contribution in [2.24, 2.45) is 16.2 Å². The standard InChI is InChI=1S/C52H66ClN9O8S/c1-31-43(71-30-56-31)33-11-9-32(10-12-33)39(28-63)57-46(67)40-23-36(64)27-62(40)47(68)44(50(2,3)4)58-42(65)29-69-22-21-60-17-19-61(20-18-60)41-16-14-35(26-55-41)45(66)59-48-51(5,6)49(52(48,7)8)70-37-15-13-34(25-54)38(53)24-37/h9-16,24,26,30,36,39-40,44,48-49,63-64H,17-23,27-29H2,1-8H3,(H,57,67)(H,58,65)(H,59,66)/t36-,39+,40+,44-,48-,49-/m1/s1. The number of rotatable bonds is 17. The summed E-state index contributed by atoms with van der Waals surface area (Å²) in [5.74, 6) is -0.366. The number of pyridine rings is 1. The summed E-state index contributed by atoms with van der Waals surface area (Å²) in [7, 11) is 0. The van der Waals surface area contributed by atoms with E-state index >= 15 is 0 Å². The van der Waals surface area contributed by atoms with E-state index in [0.717, 1.165) is 35.0 Å². The van der Waals surface area contributed by atoms with Gasteiger partial charge in [-0.25, -0.2) is 9.97 Å². The number of aliphatic hydroxyl groups is 2. The van der Waals surface area contributed by atoms with Gasteiger partial charge >= 0.3 is 0 Å². The first-order chi connectivity index (χ1) is 33.6.